The topological polar surface area (TPSA) is 55.8 Å². The Bertz CT molecular complexity index is 691. The number of carbonyl (C=O) groups is 1. The number of ether oxygens (including phenoxy) is 2. The van der Waals surface area contributed by atoms with Crippen LogP contribution >= 0.6 is 22.9 Å². The number of carboxylic acids is 1. The van der Waals surface area contributed by atoms with Gasteiger partial charge in [-0.2, -0.15) is 0 Å². The van der Waals surface area contributed by atoms with E-state index in [-0.39, 0.29) is 5.57 Å². The third-order valence-electron chi connectivity index (χ3n) is 2.81. The summed E-state index contributed by atoms with van der Waals surface area (Å²) >= 11 is 7.08. The molecule has 1 aromatic heterocycles. The molecule has 1 N–H and O–H groups in total. The first-order valence-corrected chi connectivity index (χ1v) is 7.17. The summed E-state index contributed by atoms with van der Waals surface area (Å²) in [4.78, 5) is 12.1. The molecule has 1 aromatic carbocycles. The van der Waals surface area contributed by atoms with Crippen molar-refractivity contribution >= 4 is 40.6 Å². The molecular formula is C15H13ClO4S. The van der Waals surface area contributed by atoms with E-state index in [9.17, 15) is 9.90 Å². The molecule has 0 radical (unpaired) electrons. The number of carboxylic acid groups (broad SMARTS) is 1. The largest absolute Gasteiger partial charge is 0.497 e. The van der Waals surface area contributed by atoms with Crippen LogP contribution in [-0.4, -0.2) is 25.3 Å². The van der Waals surface area contributed by atoms with E-state index in [4.69, 9.17) is 21.1 Å². The summed E-state index contributed by atoms with van der Waals surface area (Å²) in [5, 5.41) is 9.41. The van der Waals surface area contributed by atoms with Crippen LogP contribution < -0.4 is 9.47 Å². The van der Waals surface area contributed by atoms with Crippen molar-refractivity contribution in [3.63, 3.8) is 0 Å². The lowest BCUT2D eigenvalue weighted by Gasteiger charge is -2.08. The molecule has 6 heteroatoms. The van der Waals surface area contributed by atoms with Crippen molar-refractivity contribution in [1.29, 1.82) is 0 Å². The summed E-state index contributed by atoms with van der Waals surface area (Å²) in [6, 6.07) is 8.54. The molecule has 2 rings (SSSR count). The zero-order valence-electron chi connectivity index (χ0n) is 11.4. The molecule has 0 amide bonds. The predicted octanol–water partition coefficient (Wildman–Crippen LogP) is 4.04. The summed E-state index contributed by atoms with van der Waals surface area (Å²) in [5.74, 6) is 0.159. The van der Waals surface area contributed by atoms with Crippen molar-refractivity contribution in [3.05, 3.63) is 45.1 Å². The molecule has 0 aliphatic carbocycles. The van der Waals surface area contributed by atoms with E-state index in [1.165, 1.54) is 18.4 Å². The van der Waals surface area contributed by atoms with Gasteiger partial charge in [0.2, 0.25) is 0 Å². The second-order valence-electron chi connectivity index (χ2n) is 4.07. The molecule has 0 unspecified atom stereocenters. The van der Waals surface area contributed by atoms with Gasteiger partial charge in [0.05, 0.1) is 24.1 Å². The molecule has 0 atom stereocenters. The molecule has 0 spiro atoms. The molecule has 1 heterocycles. The van der Waals surface area contributed by atoms with Crippen LogP contribution in [0.1, 0.15) is 10.4 Å². The van der Waals surface area contributed by atoms with Crippen molar-refractivity contribution in [2.24, 2.45) is 0 Å². The van der Waals surface area contributed by atoms with Crippen LogP contribution in [0.25, 0.3) is 11.6 Å². The minimum absolute atomic E-state index is 0.151. The fourth-order valence-corrected chi connectivity index (χ4v) is 2.86. The second-order valence-corrected chi connectivity index (χ2v) is 5.79. The maximum Gasteiger partial charge on any atom is 0.337 e. The Morgan fingerprint density at radius 2 is 2.00 bits per heavy atom. The Morgan fingerprint density at radius 1 is 1.24 bits per heavy atom. The smallest absolute Gasteiger partial charge is 0.337 e. The number of aliphatic carboxylic acids is 1. The lowest BCUT2D eigenvalue weighted by molar-refractivity contribution is -0.130. The predicted molar refractivity (Wildman–Crippen MR) is 84.4 cm³/mol. The highest BCUT2D eigenvalue weighted by Crippen LogP contribution is 2.32. The van der Waals surface area contributed by atoms with Gasteiger partial charge in [0, 0.05) is 10.4 Å². The van der Waals surface area contributed by atoms with E-state index in [1.54, 1.807) is 43.5 Å². The van der Waals surface area contributed by atoms with Crippen molar-refractivity contribution in [2.75, 3.05) is 14.2 Å². The standard InChI is InChI=1S/C15H13ClO4S/c1-19-10-3-4-12(20-2)9(7-10)8-11(15(17)18)13-5-6-14(16)21-13/h3-8H,1-2H3,(H,17,18)/b11-8-. The Kier molecular flexibility index (Phi) is 4.88. The fraction of sp³-hybridized carbons (Fsp3) is 0.133. The van der Waals surface area contributed by atoms with Crippen LogP contribution in [0.2, 0.25) is 4.34 Å². The Morgan fingerprint density at radius 3 is 2.52 bits per heavy atom. The minimum Gasteiger partial charge on any atom is -0.497 e. The van der Waals surface area contributed by atoms with Crippen LogP contribution in [-0.2, 0) is 4.79 Å². The number of thiophene rings is 1. The van der Waals surface area contributed by atoms with Gasteiger partial charge in [0.1, 0.15) is 11.5 Å². The van der Waals surface area contributed by atoms with Gasteiger partial charge in [-0.15, -0.1) is 11.3 Å². The van der Waals surface area contributed by atoms with Gasteiger partial charge < -0.3 is 14.6 Å². The number of benzene rings is 1. The van der Waals surface area contributed by atoms with Crippen LogP contribution in [0.5, 0.6) is 11.5 Å². The number of rotatable bonds is 5. The first-order chi connectivity index (χ1) is 10.0. The van der Waals surface area contributed by atoms with E-state index >= 15 is 0 Å². The van der Waals surface area contributed by atoms with Crippen molar-refractivity contribution < 1.29 is 19.4 Å². The normalized spacial score (nSPS) is 11.3. The van der Waals surface area contributed by atoms with Gasteiger partial charge in [-0.1, -0.05) is 11.6 Å². The highest BCUT2D eigenvalue weighted by atomic mass is 35.5. The van der Waals surface area contributed by atoms with Gasteiger partial charge >= 0.3 is 5.97 Å². The summed E-state index contributed by atoms with van der Waals surface area (Å²) in [5.41, 5.74) is 0.775. The molecule has 21 heavy (non-hydrogen) atoms. The quantitative estimate of drug-likeness (QED) is 0.843. The number of methoxy groups -OCH3 is 2. The Labute approximate surface area is 131 Å². The zero-order chi connectivity index (χ0) is 15.4. The van der Waals surface area contributed by atoms with Crippen LogP contribution in [0, 0.1) is 0 Å². The Hall–Kier alpha value is -1.98. The van der Waals surface area contributed by atoms with E-state index in [1.807, 2.05) is 0 Å². The Balaban J connectivity index is 2.54. The highest BCUT2D eigenvalue weighted by molar-refractivity contribution is 7.17. The van der Waals surface area contributed by atoms with E-state index in [2.05, 4.69) is 0 Å². The molecule has 2 aromatic rings. The molecule has 0 saturated heterocycles. The third kappa shape index (κ3) is 3.56. The SMILES string of the molecule is COc1ccc(OC)c(/C=C(\C(=O)O)c2ccc(Cl)s2)c1. The number of hydrogen-bond acceptors (Lipinski definition) is 4. The van der Waals surface area contributed by atoms with Gasteiger partial charge in [-0.25, -0.2) is 4.79 Å². The van der Waals surface area contributed by atoms with Crippen LogP contribution in [0.15, 0.2) is 30.3 Å². The molecule has 4 nitrogen and oxygen atoms in total. The average Bonchev–Trinajstić information content (AvgIpc) is 2.90. The maximum atomic E-state index is 11.5. The molecular weight excluding hydrogens is 312 g/mol. The van der Waals surface area contributed by atoms with Crippen LogP contribution in [0.4, 0.5) is 0 Å². The molecule has 0 saturated carbocycles. The lowest BCUT2D eigenvalue weighted by atomic mass is 10.1. The summed E-state index contributed by atoms with van der Waals surface area (Å²) in [7, 11) is 3.08. The monoisotopic (exact) mass is 324 g/mol. The van der Waals surface area contributed by atoms with E-state index < -0.39 is 5.97 Å². The average molecular weight is 325 g/mol. The molecule has 110 valence electrons. The molecule has 0 fully saturated rings. The van der Waals surface area contributed by atoms with Gasteiger partial charge in [0.25, 0.3) is 0 Å². The van der Waals surface area contributed by atoms with Gasteiger partial charge in [0.15, 0.2) is 0 Å². The van der Waals surface area contributed by atoms with Crippen molar-refractivity contribution in [2.45, 2.75) is 0 Å². The van der Waals surface area contributed by atoms with Gasteiger partial charge in [-0.05, 0) is 36.4 Å². The molecule has 0 bridgehead atoms. The molecule has 0 aliphatic heterocycles. The second kappa shape index (κ2) is 6.65. The third-order valence-corrected chi connectivity index (χ3v) is 4.07. The lowest BCUT2D eigenvalue weighted by Crippen LogP contribution is -1.98. The highest BCUT2D eigenvalue weighted by Gasteiger charge is 2.14. The first kappa shape index (κ1) is 15.4. The first-order valence-electron chi connectivity index (χ1n) is 5.98. The van der Waals surface area contributed by atoms with Crippen LogP contribution in [0.3, 0.4) is 0 Å². The summed E-state index contributed by atoms with van der Waals surface area (Å²) in [6.45, 7) is 0. The van der Waals surface area contributed by atoms with E-state index in [0.717, 1.165) is 0 Å². The summed E-state index contributed by atoms with van der Waals surface area (Å²) < 4.78 is 10.9. The summed E-state index contributed by atoms with van der Waals surface area (Å²) in [6.07, 6.45) is 1.55. The number of halogens is 1. The van der Waals surface area contributed by atoms with Crippen molar-refractivity contribution in [1.82, 2.24) is 0 Å². The van der Waals surface area contributed by atoms with Crippen molar-refractivity contribution in [3.8, 4) is 11.5 Å². The fourth-order valence-electron chi connectivity index (χ4n) is 1.81. The zero-order valence-corrected chi connectivity index (χ0v) is 13.0. The van der Waals surface area contributed by atoms with E-state index in [0.29, 0.717) is 26.3 Å². The van der Waals surface area contributed by atoms with Gasteiger partial charge in [-0.3, -0.25) is 0 Å². The molecule has 0 aliphatic rings. The number of hydrogen-bond donors (Lipinski definition) is 1. The minimum atomic E-state index is -1.03. The maximum absolute atomic E-state index is 11.5.